The van der Waals surface area contributed by atoms with Crippen molar-refractivity contribution in [3.05, 3.63) is 53.4 Å². The van der Waals surface area contributed by atoms with Crippen molar-refractivity contribution in [3.8, 4) is 10.4 Å². The van der Waals surface area contributed by atoms with Crippen molar-refractivity contribution in [2.75, 3.05) is 48.1 Å². The van der Waals surface area contributed by atoms with E-state index in [2.05, 4.69) is 15.3 Å². The zero-order valence-electron chi connectivity index (χ0n) is 46.1. The Hall–Kier alpha value is -3.09. The van der Waals surface area contributed by atoms with E-state index in [9.17, 15) is 34.7 Å². The molecule has 5 heterocycles. The predicted octanol–water partition coefficient (Wildman–Crippen LogP) is 5.40. The summed E-state index contributed by atoms with van der Waals surface area (Å²) in [5, 5.41) is 69.0. The van der Waals surface area contributed by atoms with E-state index in [1.165, 1.54) is 30.1 Å². The molecule has 74 heavy (non-hydrogen) atoms. The van der Waals surface area contributed by atoms with Crippen molar-refractivity contribution >= 4 is 17.3 Å². The molecule has 1 unspecified atom stereocenters. The summed E-state index contributed by atoms with van der Waals surface area (Å²) in [5.41, 5.74) is -0.314. The first-order chi connectivity index (χ1) is 34.8. The third-order valence-corrected chi connectivity index (χ3v) is 17.6. The lowest BCUT2D eigenvalue weighted by atomic mass is 9.68. The first-order valence-electron chi connectivity index (χ1n) is 26.4. The topological polar surface area (TPSA) is 224 Å². The smallest absolute Gasteiger partial charge is 0.309 e. The van der Waals surface area contributed by atoms with E-state index in [4.69, 9.17) is 28.4 Å². The predicted molar refractivity (Wildman–Crippen MR) is 278 cm³/mol. The molecule has 20 heteroatoms. The molecule has 0 amide bonds. The van der Waals surface area contributed by atoms with E-state index in [1.54, 1.807) is 66.6 Å². The van der Waals surface area contributed by atoms with E-state index in [1.807, 2.05) is 68.9 Å². The number of aromatic nitrogens is 4. The van der Waals surface area contributed by atoms with Crippen LogP contribution in [0.25, 0.3) is 10.4 Å². The van der Waals surface area contributed by atoms with Crippen molar-refractivity contribution in [1.29, 1.82) is 0 Å². The summed E-state index contributed by atoms with van der Waals surface area (Å²) >= 11 is 1.54. The van der Waals surface area contributed by atoms with Crippen LogP contribution in [0.3, 0.4) is 0 Å². The van der Waals surface area contributed by atoms with Crippen LogP contribution in [0.15, 0.2) is 42.2 Å². The van der Waals surface area contributed by atoms with Gasteiger partial charge in [0.25, 0.3) is 0 Å². The van der Waals surface area contributed by atoms with Gasteiger partial charge in [0.2, 0.25) is 0 Å². The average molecular weight is 1060 g/mol. The van der Waals surface area contributed by atoms with E-state index >= 15 is 0 Å². The van der Waals surface area contributed by atoms with Crippen LogP contribution in [0, 0.1) is 23.7 Å². The van der Waals surface area contributed by atoms with Crippen molar-refractivity contribution < 1.29 is 63.1 Å². The van der Waals surface area contributed by atoms with E-state index in [0.717, 1.165) is 16.0 Å². The second-order valence-electron chi connectivity index (χ2n) is 22.6. The molecule has 20 atom stereocenters. The average Bonchev–Trinajstić information content (AvgIpc) is 4.08. The van der Waals surface area contributed by atoms with Crippen LogP contribution in [0.1, 0.15) is 118 Å². The van der Waals surface area contributed by atoms with Gasteiger partial charge in [-0.05, 0) is 97.9 Å². The van der Waals surface area contributed by atoms with Gasteiger partial charge in [0.15, 0.2) is 6.29 Å². The molecule has 0 radical (unpaired) electrons. The Morgan fingerprint density at radius 3 is 2.30 bits per heavy atom. The van der Waals surface area contributed by atoms with Crippen molar-refractivity contribution in [2.45, 2.75) is 197 Å². The molecule has 3 aliphatic heterocycles. The number of aliphatic hydroxyl groups excluding tert-OH is 3. The number of rotatable bonds is 15. The molecule has 0 bridgehead atoms. The van der Waals surface area contributed by atoms with Crippen molar-refractivity contribution in [1.82, 2.24) is 29.8 Å². The van der Waals surface area contributed by atoms with Gasteiger partial charge in [-0.25, -0.2) is 9.07 Å². The lowest BCUT2D eigenvalue weighted by Crippen LogP contribution is -2.62. The first kappa shape index (κ1) is 60.1. The molecular formula is C54H87FN6O12S. The fourth-order valence-corrected chi connectivity index (χ4v) is 12.9. The Balaban J connectivity index is 1.27. The number of hydrogen-bond donors (Lipinski definition) is 5. The summed E-state index contributed by atoms with van der Waals surface area (Å²) in [6.45, 7) is 18.0. The quantitative estimate of drug-likeness (QED) is 0.120. The zero-order valence-corrected chi connectivity index (χ0v) is 46.9. The van der Waals surface area contributed by atoms with Gasteiger partial charge in [-0.3, -0.25) is 9.78 Å². The molecule has 2 aromatic heterocycles. The Kier molecular flexibility index (Phi) is 20.4. The van der Waals surface area contributed by atoms with Crippen LogP contribution in [0.5, 0.6) is 0 Å². The second kappa shape index (κ2) is 25.1. The molecule has 18 nitrogen and oxygen atoms in total. The summed E-state index contributed by atoms with van der Waals surface area (Å²) in [6.07, 6.45) is -4.38. The van der Waals surface area contributed by atoms with Gasteiger partial charge < -0.3 is 63.8 Å². The third-order valence-electron chi connectivity index (χ3n) is 16.8. The van der Waals surface area contributed by atoms with E-state index in [0.29, 0.717) is 31.6 Å². The number of halogens is 1. The first-order valence-corrected chi connectivity index (χ1v) is 27.3. The standard InChI is InChI=1S/C54H87FN6O12S/c1-15-43-54(10,67)47(63)34(6)60(12)27-30(2)23-52(8,66)49(32(4)44(33(5)50(65)72-43)41-24-53(9,69-14)48(64)35(7)71-41)73-51-45(62)39(22-31(3)70-51)59(11)21-20-38-28-61(58-57-38)40(25-55)46(68-13)37-18-16-36(17-19-37)42-26-56-29-74-42/h16-19,26,28-35,39-41,43-49,51,62-64,66-67H,15,20-25,27H2,1-14H3/t30-,31-,32+,33-,34-,35+,39+,40-,41?,43-,44+,45-,46-,47-,48+,49-,51+,52-,53-,54-/m1/s1. The largest absolute Gasteiger partial charge is 0.459 e. The highest BCUT2D eigenvalue weighted by Gasteiger charge is 2.55. The normalized spacial score (nSPS) is 39.3. The Bertz CT molecular complexity index is 2210. The van der Waals surface area contributed by atoms with Gasteiger partial charge >= 0.3 is 5.97 Å². The SMILES string of the molecule is CC[C@H]1OC(=O)[C@H](C)[C@@H](C2C[C@@](C)(OC)[C@@H](O)[C@H](C)O2)[C@H](C)[C@@H](O[C@@H]2O[C@H](C)C[C@H](N(C)CCc3cn([C@H](CF)[C@H](OC)c4ccc(-c5cncs5)cc4)nn3)[C@H]2O)[C@](C)(O)C[C@@H](C)CN(C)[C@H](C)[C@@H](O)[C@]1(C)O. The third kappa shape index (κ3) is 13.2. The minimum absolute atomic E-state index is 0.173. The maximum absolute atomic E-state index is 14.9. The molecule has 418 valence electrons. The molecule has 0 aliphatic carbocycles. The number of thiazole rings is 1. The van der Waals surface area contributed by atoms with Crippen molar-refractivity contribution in [2.24, 2.45) is 23.7 Å². The molecule has 1 aromatic carbocycles. The number of cyclic esters (lactones) is 1. The minimum atomic E-state index is -1.83. The molecule has 3 aliphatic rings. The fraction of sp³-hybridized carbons (Fsp3) is 0.778. The van der Waals surface area contributed by atoms with Crippen LogP contribution in [0.4, 0.5) is 4.39 Å². The van der Waals surface area contributed by atoms with Gasteiger partial charge in [0.05, 0.1) is 57.6 Å². The number of ether oxygens (including phenoxy) is 6. The fourth-order valence-electron chi connectivity index (χ4n) is 12.3. The number of hydrogen-bond acceptors (Lipinski definition) is 18. The maximum Gasteiger partial charge on any atom is 0.309 e. The Morgan fingerprint density at radius 1 is 1.00 bits per heavy atom. The minimum Gasteiger partial charge on any atom is -0.459 e. The molecule has 3 aromatic rings. The van der Waals surface area contributed by atoms with Crippen LogP contribution in [0.2, 0.25) is 0 Å². The molecular weight excluding hydrogens is 976 g/mol. The number of carbonyl (C=O) groups is 1. The number of nitrogens with zero attached hydrogens (tertiary/aromatic N) is 6. The number of aliphatic hydroxyl groups is 5. The maximum atomic E-state index is 14.9. The Morgan fingerprint density at radius 2 is 1.69 bits per heavy atom. The number of alkyl halides is 1. The number of methoxy groups -OCH3 is 2. The number of carbonyl (C=O) groups excluding carboxylic acids is 1. The van der Waals surface area contributed by atoms with Gasteiger partial charge in [-0.2, -0.15) is 0 Å². The molecule has 3 fully saturated rings. The molecule has 0 saturated carbocycles. The number of benzene rings is 1. The highest BCUT2D eigenvalue weighted by atomic mass is 32.1. The summed E-state index contributed by atoms with van der Waals surface area (Å²) in [4.78, 5) is 23.8. The van der Waals surface area contributed by atoms with Crippen LogP contribution >= 0.6 is 11.3 Å². The highest BCUT2D eigenvalue weighted by Crippen LogP contribution is 2.45. The van der Waals surface area contributed by atoms with Gasteiger partial charge in [0.1, 0.15) is 48.8 Å². The van der Waals surface area contributed by atoms with Crippen LogP contribution in [-0.2, 0) is 39.6 Å². The summed E-state index contributed by atoms with van der Waals surface area (Å²) in [6, 6.07) is 5.96. The van der Waals surface area contributed by atoms with Crippen LogP contribution < -0.4 is 0 Å². The summed E-state index contributed by atoms with van der Waals surface area (Å²) < 4.78 is 54.5. The lowest BCUT2D eigenvalue weighted by Gasteiger charge is -2.51. The van der Waals surface area contributed by atoms with Crippen LogP contribution in [-0.4, -0.2) is 193 Å². The number of esters is 1. The van der Waals surface area contributed by atoms with E-state index in [-0.39, 0.29) is 31.3 Å². The summed E-state index contributed by atoms with van der Waals surface area (Å²) in [5.74, 6) is -3.25. The van der Waals surface area contributed by atoms with Gasteiger partial charge in [0, 0.05) is 70.5 Å². The molecule has 3 saturated heterocycles. The Labute approximate surface area is 441 Å². The summed E-state index contributed by atoms with van der Waals surface area (Å²) in [7, 11) is 6.82. The zero-order chi connectivity index (χ0) is 54.6. The van der Waals surface area contributed by atoms with E-state index < -0.39 is 120 Å². The van der Waals surface area contributed by atoms with Gasteiger partial charge in [-0.15, -0.1) is 16.4 Å². The highest BCUT2D eigenvalue weighted by molar-refractivity contribution is 7.13. The molecule has 5 N–H and O–H groups in total. The lowest BCUT2D eigenvalue weighted by molar-refractivity contribution is -0.302. The molecule has 6 rings (SSSR count). The van der Waals surface area contributed by atoms with Crippen molar-refractivity contribution in [3.63, 3.8) is 0 Å². The second-order valence-corrected chi connectivity index (χ2v) is 23.5. The monoisotopic (exact) mass is 1060 g/mol. The van der Waals surface area contributed by atoms with Gasteiger partial charge in [-0.1, -0.05) is 57.2 Å². The number of likely N-dealkylation sites (N-methyl/N-ethyl adjacent to an activating group) is 2. The molecule has 0 spiro atoms.